The second-order valence-electron chi connectivity index (χ2n) is 5.91. The van der Waals surface area contributed by atoms with Gasteiger partial charge in [0, 0.05) is 31.9 Å². The first-order valence-corrected chi connectivity index (χ1v) is 8.03. The number of aromatic nitrogens is 2. The third kappa shape index (κ3) is 3.93. The van der Waals surface area contributed by atoms with Crippen molar-refractivity contribution in [3.63, 3.8) is 0 Å². The van der Waals surface area contributed by atoms with Crippen molar-refractivity contribution in [3.8, 4) is 0 Å². The second kappa shape index (κ2) is 7.17. The minimum atomic E-state index is -0.0286. The van der Waals surface area contributed by atoms with Gasteiger partial charge in [0.15, 0.2) is 0 Å². The second-order valence-corrected chi connectivity index (χ2v) is 5.91. The van der Waals surface area contributed by atoms with E-state index in [1.165, 1.54) is 11.3 Å². The lowest BCUT2D eigenvalue weighted by Crippen LogP contribution is -2.16. The summed E-state index contributed by atoms with van der Waals surface area (Å²) in [4.78, 5) is 2.23. The lowest BCUT2D eigenvalue weighted by atomic mass is 10.2. The molecule has 124 valence electrons. The highest BCUT2D eigenvalue weighted by molar-refractivity contribution is 5.55. The van der Waals surface area contributed by atoms with Crippen LogP contribution in [0, 0.1) is 6.92 Å². The van der Waals surface area contributed by atoms with Gasteiger partial charge in [-0.2, -0.15) is 0 Å². The minimum absolute atomic E-state index is 0.0286. The van der Waals surface area contributed by atoms with Gasteiger partial charge in [0.1, 0.15) is 6.04 Å². The van der Waals surface area contributed by atoms with Crippen molar-refractivity contribution in [1.82, 2.24) is 10.2 Å². The molecule has 1 aromatic heterocycles. The van der Waals surface area contributed by atoms with Gasteiger partial charge in [-0.1, -0.05) is 30.3 Å². The molecule has 0 aliphatic carbocycles. The van der Waals surface area contributed by atoms with Gasteiger partial charge < -0.3 is 14.6 Å². The summed E-state index contributed by atoms with van der Waals surface area (Å²) >= 11 is 0. The van der Waals surface area contributed by atoms with Crippen LogP contribution >= 0.6 is 0 Å². The Hall–Kier alpha value is -2.82. The van der Waals surface area contributed by atoms with Crippen LogP contribution in [0.15, 0.2) is 59.0 Å². The van der Waals surface area contributed by atoms with E-state index in [0.29, 0.717) is 11.8 Å². The highest BCUT2D eigenvalue weighted by atomic mass is 16.4. The number of aryl methyl sites for hydroxylation is 1. The fourth-order valence-electron chi connectivity index (χ4n) is 2.56. The summed E-state index contributed by atoms with van der Waals surface area (Å²) in [5.41, 5.74) is 3.49. The van der Waals surface area contributed by atoms with Crippen molar-refractivity contribution in [1.29, 1.82) is 0 Å². The first kappa shape index (κ1) is 16.1. The summed E-state index contributed by atoms with van der Waals surface area (Å²) in [5.74, 6) is 1.18. The van der Waals surface area contributed by atoms with Gasteiger partial charge in [0.05, 0.1) is 0 Å². The zero-order valence-corrected chi connectivity index (χ0v) is 14.2. The highest BCUT2D eigenvalue weighted by Gasteiger charge is 2.12. The van der Waals surface area contributed by atoms with Crippen LogP contribution in [0.1, 0.15) is 30.3 Å². The minimum Gasteiger partial charge on any atom is -0.423 e. The Bertz CT molecular complexity index is 768. The molecule has 3 rings (SSSR count). The molecule has 1 heterocycles. The molecule has 0 bridgehead atoms. The summed E-state index contributed by atoms with van der Waals surface area (Å²) in [7, 11) is 2.10. The Morgan fingerprint density at radius 2 is 1.75 bits per heavy atom. The SMILES string of the molecule is Cc1nnc([C@@H](C)Nc2ccc(N(C)Cc3ccccc3)cc2)o1. The van der Waals surface area contributed by atoms with Gasteiger partial charge in [0.25, 0.3) is 0 Å². The third-order valence-electron chi connectivity index (χ3n) is 3.87. The fraction of sp³-hybridized carbons (Fsp3) is 0.263. The van der Waals surface area contributed by atoms with Crippen LogP contribution in [-0.4, -0.2) is 17.2 Å². The molecule has 3 aromatic rings. The number of rotatable bonds is 6. The van der Waals surface area contributed by atoms with Crippen LogP contribution in [0.5, 0.6) is 0 Å². The predicted molar refractivity (Wildman–Crippen MR) is 96.1 cm³/mol. The molecule has 0 unspecified atom stereocenters. The zero-order valence-electron chi connectivity index (χ0n) is 14.2. The highest BCUT2D eigenvalue weighted by Crippen LogP contribution is 2.22. The molecular weight excluding hydrogens is 300 g/mol. The van der Waals surface area contributed by atoms with Gasteiger partial charge in [0.2, 0.25) is 11.8 Å². The average Bonchev–Trinajstić information content (AvgIpc) is 3.03. The van der Waals surface area contributed by atoms with E-state index < -0.39 is 0 Å². The summed E-state index contributed by atoms with van der Waals surface area (Å²) < 4.78 is 5.45. The van der Waals surface area contributed by atoms with Crippen molar-refractivity contribution in [2.24, 2.45) is 0 Å². The van der Waals surface area contributed by atoms with Crippen molar-refractivity contribution in [2.45, 2.75) is 26.4 Å². The largest absolute Gasteiger partial charge is 0.423 e. The van der Waals surface area contributed by atoms with Crippen LogP contribution in [0.4, 0.5) is 11.4 Å². The van der Waals surface area contributed by atoms with Crippen molar-refractivity contribution >= 4 is 11.4 Å². The smallest absolute Gasteiger partial charge is 0.238 e. The summed E-state index contributed by atoms with van der Waals surface area (Å²) in [6.07, 6.45) is 0. The van der Waals surface area contributed by atoms with Crippen molar-refractivity contribution in [3.05, 3.63) is 71.9 Å². The van der Waals surface area contributed by atoms with Crippen LogP contribution in [0.25, 0.3) is 0 Å². The number of benzene rings is 2. The van der Waals surface area contributed by atoms with E-state index in [-0.39, 0.29) is 6.04 Å². The predicted octanol–water partition coefficient (Wildman–Crippen LogP) is 4.19. The normalized spacial score (nSPS) is 12.0. The van der Waals surface area contributed by atoms with Gasteiger partial charge in [-0.05, 0) is 36.8 Å². The Labute approximate surface area is 142 Å². The molecule has 1 N–H and O–H groups in total. The van der Waals surface area contributed by atoms with E-state index >= 15 is 0 Å². The third-order valence-corrected chi connectivity index (χ3v) is 3.87. The van der Waals surface area contributed by atoms with Gasteiger partial charge >= 0.3 is 0 Å². The van der Waals surface area contributed by atoms with E-state index in [9.17, 15) is 0 Å². The first-order valence-electron chi connectivity index (χ1n) is 8.03. The van der Waals surface area contributed by atoms with E-state index in [2.05, 4.69) is 76.0 Å². The molecule has 1 atom stereocenters. The molecule has 24 heavy (non-hydrogen) atoms. The summed E-state index contributed by atoms with van der Waals surface area (Å²) in [5, 5.41) is 11.3. The lowest BCUT2D eigenvalue weighted by Gasteiger charge is -2.20. The molecule has 0 spiro atoms. The Balaban J connectivity index is 1.62. The fourth-order valence-corrected chi connectivity index (χ4v) is 2.56. The van der Waals surface area contributed by atoms with E-state index in [1.807, 2.05) is 13.0 Å². The van der Waals surface area contributed by atoms with Gasteiger partial charge in [-0.25, -0.2) is 0 Å². The molecule has 0 saturated carbocycles. The van der Waals surface area contributed by atoms with Crippen molar-refractivity contribution in [2.75, 3.05) is 17.3 Å². The molecule has 0 aliphatic heterocycles. The van der Waals surface area contributed by atoms with Crippen LogP contribution in [0.2, 0.25) is 0 Å². The zero-order chi connectivity index (χ0) is 16.9. The Kier molecular flexibility index (Phi) is 4.79. The Morgan fingerprint density at radius 3 is 2.38 bits per heavy atom. The standard InChI is InChI=1S/C19H22N4O/c1-14(19-22-21-15(2)24-19)20-17-9-11-18(12-10-17)23(3)13-16-7-5-4-6-8-16/h4-12,14,20H,13H2,1-3H3/t14-/m1/s1. The number of nitrogens with zero attached hydrogens (tertiary/aromatic N) is 3. The molecule has 5 nitrogen and oxygen atoms in total. The van der Waals surface area contributed by atoms with Gasteiger partial charge in [-0.15, -0.1) is 10.2 Å². The first-order chi connectivity index (χ1) is 11.6. The van der Waals surface area contributed by atoms with E-state index in [4.69, 9.17) is 4.42 Å². The van der Waals surface area contributed by atoms with Crippen LogP contribution in [0.3, 0.4) is 0 Å². The molecule has 0 fully saturated rings. The maximum absolute atomic E-state index is 5.45. The number of nitrogens with one attached hydrogen (secondary N) is 1. The number of hydrogen-bond donors (Lipinski definition) is 1. The molecular formula is C19H22N4O. The molecule has 0 amide bonds. The van der Waals surface area contributed by atoms with E-state index in [1.54, 1.807) is 6.92 Å². The van der Waals surface area contributed by atoms with Gasteiger partial charge in [-0.3, -0.25) is 0 Å². The Morgan fingerprint density at radius 1 is 1.04 bits per heavy atom. The number of hydrogen-bond acceptors (Lipinski definition) is 5. The molecule has 5 heteroatoms. The summed E-state index contributed by atoms with van der Waals surface area (Å²) in [6, 6.07) is 18.8. The van der Waals surface area contributed by atoms with E-state index in [0.717, 1.165) is 12.2 Å². The number of anilines is 2. The quantitative estimate of drug-likeness (QED) is 0.737. The van der Waals surface area contributed by atoms with Crippen molar-refractivity contribution < 1.29 is 4.42 Å². The molecule has 0 aliphatic rings. The summed E-state index contributed by atoms with van der Waals surface area (Å²) in [6.45, 7) is 4.67. The maximum Gasteiger partial charge on any atom is 0.238 e. The molecule has 2 aromatic carbocycles. The monoisotopic (exact) mass is 322 g/mol. The maximum atomic E-state index is 5.45. The average molecular weight is 322 g/mol. The van der Waals surface area contributed by atoms with Crippen LogP contribution < -0.4 is 10.2 Å². The lowest BCUT2D eigenvalue weighted by molar-refractivity contribution is 0.451. The molecule has 0 saturated heterocycles. The topological polar surface area (TPSA) is 54.2 Å². The molecule has 0 radical (unpaired) electrons. The van der Waals surface area contributed by atoms with Crippen LogP contribution in [-0.2, 0) is 6.54 Å².